The minimum absolute atomic E-state index is 0.00541. The highest BCUT2D eigenvalue weighted by Crippen LogP contribution is 2.54. The quantitative estimate of drug-likeness (QED) is 0.510. The Hall–Kier alpha value is -4.00. The molecule has 0 bridgehead atoms. The normalized spacial score (nSPS) is 19.1. The number of hydrogen-bond acceptors (Lipinski definition) is 6. The number of anilines is 1. The monoisotopic (exact) mass is 471 g/mol. The average Bonchev–Trinajstić information content (AvgIpc) is 3.55. The Kier molecular flexibility index (Phi) is 5.13. The van der Waals surface area contributed by atoms with Gasteiger partial charge >= 0.3 is 5.97 Å². The number of hydrogen-bond donors (Lipinski definition) is 0. The number of ether oxygens (including phenoxy) is 4. The summed E-state index contributed by atoms with van der Waals surface area (Å²) in [5, 5.41) is 0. The molecule has 1 spiro atoms. The predicted molar refractivity (Wildman–Crippen MR) is 128 cm³/mol. The van der Waals surface area contributed by atoms with Gasteiger partial charge in [-0.3, -0.25) is 4.79 Å². The minimum atomic E-state index is -0.873. The number of esters is 1. The molecule has 1 amide bonds. The van der Waals surface area contributed by atoms with Crippen molar-refractivity contribution in [2.45, 2.75) is 25.3 Å². The summed E-state index contributed by atoms with van der Waals surface area (Å²) in [7, 11) is 0. The zero-order valence-electron chi connectivity index (χ0n) is 19.4. The molecule has 0 aromatic heterocycles. The lowest BCUT2D eigenvalue weighted by Gasteiger charge is -2.23. The van der Waals surface area contributed by atoms with Crippen LogP contribution in [0.3, 0.4) is 0 Å². The number of para-hydroxylation sites is 1. The van der Waals surface area contributed by atoms with Gasteiger partial charge in [-0.2, -0.15) is 0 Å². The lowest BCUT2D eigenvalue weighted by molar-refractivity contribution is -0.145. The van der Waals surface area contributed by atoms with Crippen molar-refractivity contribution in [3.63, 3.8) is 0 Å². The van der Waals surface area contributed by atoms with Crippen molar-refractivity contribution in [3.8, 4) is 17.2 Å². The maximum absolute atomic E-state index is 14.1. The van der Waals surface area contributed by atoms with Crippen molar-refractivity contribution in [2.24, 2.45) is 0 Å². The van der Waals surface area contributed by atoms with Crippen LogP contribution in [-0.2, 0) is 32.7 Å². The second-order valence-corrected chi connectivity index (χ2v) is 8.90. The summed E-state index contributed by atoms with van der Waals surface area (Å²) in [5.41, 5.74) is 3.88. The molecule has 1 atom stereocenters. The third kappa shape index (κ3) is 3.41. The smallest absolute Gasteiger partial charge is 0.344 e. The summed E-state index contributed by atoms with van der Waals surface area (Å²) in [4.78, 5) is 27.6. The van der Waals surface area contributed by atoms with Gasteiger partial charge in [-0.05, 0) is 47.9 Å². The van der Waals surface area contributed by atoms with E-state index >= 15 is 0 Å². The number of carbonyl (C=O) groups is 2. The van der Waals surface area contributed by atoms with E-state index in [1.54, 1.807) is 13.0 Å². The van der Waals surface area contributed by atoms with Gasteiger partial charge in [0, 0.05) is 23.7 Å². The Morgan fingerprint density at radius 3 is 2.80 bits per heavy atom. The molecule has 3 aliphatic rings. The first-order chi connectivity index (χ1) is 17.1. The maximum Gasteiger partial charge on any atom is 0.344 e. The molecule has 7 nitrogen and oxygen atoms in total. The summed E-state index contributed by atoms with van der Waals surface area (Å²) >= 11 is 0. The van der Waals surface area contributed by atoms with Crippen molar-refractivity contribution >= 4 is 17.6 Å². The van der Waals surface area contributed by atoms with Gasteiger partial charge in [-0.25, -0.2) is 4.79 Å². The van der Waals surface area contributed by atoms with E-state index in [1.165, 1.54) is 0 Å². The first-order valence-electron chi connectivity index (χ1n) is 11.8. The SMILES string of the molecule is CCOC(=O)COc1cccc(CN2C(=O)C3(COc4cc5c(cc43)CCO5)c3ccccc32)c1. The molecule has 6 rings (SSSR count). The van der Waals surface area contributed by atoms with E-state index in [-0.39, 0.29) is 19.1 Å². The van der Waals surface area contributed by atoms with Gasteiger partial charge in [0.15, 0.2) is 6.61 Å². The molecule has 1 unspecified atom stereocenters. The average molecular weight is 472 g/mol. The van der Waals surface area contributed by atoms with Crippen LogP contribution in [0.4, 0.5) is 5.69 Å². The lowest BCUT2D eigenvalue weighted by atomic mass is 9.76. The zero-order chi connectivity index (χ0) is 24.0. The van der Waals surface area contributed by atoms with Crippen LogP contribution in [0, 0.1) is 0 Å². The summed E-state index contributed by atoms with van der Waals surface area (Å²) < 4.78 is 22.3. The number of fused-ring (bicyclic) bond motifs is 5. The maximum atomic E-state index is 14.1. The number of rotatable bonds is 6. The molecule has 0 radical (unpaired) electrons. The molecule has 7 heteroatoms. The molecule has 3 aliphatic heterocycles. The summed E-state index contributed by atoms with van der Waals surface area (Å²) in [5.74, 6) is 1.69. The van der Waals surface area contributed by atoms with Gasteiger partial charge in [0.2, 0.25) is 5.91 Å². The number of nitrogens with zero attached hydrogens (tertiary/aromatic N) is 1. The van der Waals surface area contributed by atoms with Gasteiger partial charge in [-0.15, -0.1) is 0 Å². The van der Waals surface area contributed by atoms with Crippen LogP contribution in [0.25, 0.3) is 0 Å². The molecular formula is C28H25NO6. The van der Waals surface area contributed by atoms with Crippen LogP contribution in [-0.4, -0.2) is 38.3 Å². The van der Waals surface area contributed by atoms with E-state index in [2.05, 4.69) is 6.07 Å². The van der Waals surface area contributed by atoms with Crippen molar-refractivity contribution in [1.82, 2.24) is 0 Å². The highest BCUT2D eigenvalue weighted by atomic mass is 16.6. The molecule has 3 aromatic rings. The first-order valence-corrected chi connectivity index (χ1v) is 11.8. The van der Waals surface area contributed by atoms with Crippen molar-refractivity contribution in [1.29, 1.82) is 0 Å². The van der Waals surface area contributed by atoms with Gasteiger partial charge in [0.05, 0.1) is 19.8 Å². The fourth-order valence-electron chi connectivity index (χ4n) is 5.27. The molecule has 35 heavy (non-hydrogen) atoms. The second kappa shape index (κ2) is 8.34. The number of carbonyl (C=O) groups excluding carboxylic acids is 2. The molecule has 0 N–H and O–H groups in total. The molecule has 0 saturated heterocycles. The summed E-state index contributed by atoms with van der Waals surface area (Å²) in [6.45, 7) is 3.19. The highest BCUT2D eigenvalue weighted by molar-refractivity contribution is 6.11. The van der Waals surface area contributed by atoms with Gasteiger partial charge in [0.1, 0.15) is 29.3 Å². The van der Waals surface area contributed by atoms with Crippen LogP contribution in [0.1, 0.15) is 29.2 Å². The molecule has 178 valence electrons. The topological polar surface area (TPSA) is 74.3 Å². The van der Waals surface area contributed by atoms with E-state index in [0.717, 1.165) is 40.1 Å². The minimum Gasteiger partial charge on any atom is -0.493 e. The van der Waals surface area contributed by atoms with E-state index in [9.17, 15) is 9.59 Å². The Morgan fingerprint density at radius 1 is 1.03 bits per heavy atom. The van der Waals surface area contributed by atoms with Gasteiger partial charge in [0.25, 0.3) is 0 Å². The van der Waals surface area contributed by atoms with Crippen LogP contribution in [0.15, 0.2) is 60.7 Å². The van der Waals surface area contributed by atoms with E-state index in [1.807, 2.05) is 53.4 Å². The standard InChI is InChI=1S/C28H25NO6/c1-2-32-26(30)16-34-20-7-5-6-18(12-20)15-29-23-9-4-3-8-21(23)28(27(29)31)17-35-25-14-24-19(10-11-33-24)13-22(25)28/h3-9,12-14H,2,10-11,15-17H2,1H3. The van der Waals surface area contributed by atoms with E-state index in [0.29, 0.717) is 31.3 Å². The Balaban J connectivity index is 1.32. The van der Waals surface area contributed by atoms with E-state index < -0.39 is 11.4 Å². The third-order valence-electron chi connectivity index (χ3n) is 6.86. The molecule has 3 heterocycles. The molecule has 0 fully saturated rings. The highest BCUT2D eigenvalue weighted by Gasteiger charge is 2.57. The number of amides is 1. The lowest BCUT2D eigenvalue weighted by Crippen LogP contribution is -2.42. The van der Waals surface area contributed by atoms with Crippen LogP contribution in [0.2, 0.25) is 0 Å². The summed E-state index contributed by atoms with van der Waals surface area (Å²) in [6.07, 6.45) is 0.830. The third-order valence-corrected chi connectivity index (χ3v) is 6.86. The Morgan fingerprint density at radius 2 is 1.91 bits per heavy atom. The molecule has 3 aromatic carbocycles. The zero-order valence-corrected chi connectivity index (χ0v) is 19.4. The van der Waals surface area contributed by atoms with Crippen LogP contribution in [0.5, 0.6) is 17.2 Å². The Bertz CT molecular complexity index is 1330. The second-order valence-electron chi connectivity index (χ2n) is 8.90. The predicted octanol–water partition coefficient (Wildman–Crippen LogP) is 3.79. The van der Waals surface area contributed by atoms with Gasteiger partial charge < -0.3 is 23.8 Å². The molecule has 0 aliphatic carbocycles. The van der Waals surface area contributed by atoms with Gasteiger partial charge in [-0.1, -0.05) is 30.3 Å². The summed E-state index contributed by atoms with van der Waals surface area (Å²) in [6, 6.07) is 19.4. The largest absolute Gasteiger partial charge is 0.493 e. The number of benzene rings is 3. The van der Waals surface area contributed by atoms with E-state index in [4.69, 9.17) is 18.9 Å². The van der Waals surface area contributed by atoms with Crippen LogP contribution < -0.4 is 19.1 Å². The molecule has 0 saturated carbocycles. The van der Waals surface area contributed by atoms with Crippen molar-refractivity contribution < 1.29 is 28.5 Å². The fraction of sp³-hybridized carbons (Fsp3) is 0.286. The Labute approximate surface area is 203 Å². The molecular weight excluding hydrogens is 446 g/mol. The van der Waals surface area contributed by atoms with Crippen molar-refractivity contribution in [2.75, 3.05) is 31.3 Å². The first kappa shape index (κ1) is 21.5. The van der Waals surface area contributed by atoms with Crippen LogP contribution >= 0.6 is 0 Å². The fourth-order valence-corrected chi connectivity index (χ4v) is 5.27. The van der Waals surface area contributed by atoms with Crippen molar-refractivity contribution in [3.05, 3.63) is 82.9 Å².